The molecule has 0 bridgehead atoms. The summed E-state index contributed by atoms with van der Waals surface area (Å²) < 4.78 is 0. The fraction of sp³-hybridized carbons (Fsp3) is 0.250. The van der Waals surface area contributed by atoms with E-state index in [1.165, 1.54) is 11.3 Å². The number of carbonyl (C=O) groups is 2. The summed E-state index contributed by atoms with van der Waals surface area (Å²) in [4.78, 5) is 32.5. The maximum absolute atomic E-state index is 13.0. The highest BCUT2D eigenvalue weighted by Crippen LogP contribution is 2.25. The van der Waals surface area contributed by atoms with Crippen molar-refractivity contribution < 1.29 is 9.59 Å². The topological polar surface area (TPSA) is 62.3 Å². The van der Waals surface area contributed by atoms with Crippen molar-refractivity contribution in [2.45, 2.75) is 25.3 Å². The molecule has 0 radical (unpaired) electrons. The number of nitrogens with zero attached hydrogens (tertiary/aromatic N) is 2. The van der Waals surface area contributed by atoms with E-state index in [0.29, 0.717) is 23.5 Å². The second kappa shape index (κ2) is 7.25. The highest BCUT2D eigenvalue weighted by Gasteiger charge is 2.33. The number of anilines is 1. The van der Waals surface area contributed by atoms with E-state index < -0.39 is 6.04 Å². The summed E-state index contributed by atoms with van der Waals surface area (Å²) in [5.41, 5.74) is 1.44. The van der Waals surface area contributed by atoms with Crippen molar-refractivity contribution in [3.8, 4) is 0 Å². The average Bonchev–Trinajstić information content (AvgIpc) is 3.22. The minimum atomic E-state index is -0.447. The zero-order valence-electron chi connectivity index (χ0n) is 14.2. The van der Waals surface area contributed by atoms with Crippen molar-refractivity contribution in [3.05, 3.63) is 58.9 Å². The predicted molar refractivity (Wildman–Crippen MR) is 103 cm³/mol. The second-order valence-electron chi connectivity index (χ2n) is 6.36. The van der Waals surface area contributed by atoms with Crippen molar-refractivity contribution in [3.63, 3.8) is 0 Å². The number of benzene rings is 1. The first-order chi connectivity index (χ1) is 12.7. The molecule has 132 valence electrons. The molecule has 26 heavy (non-hydrogen) atoms. The van der Waals surface area contributed by atoms with E-state index in [2.05, 4.69) is 10.3 Å². The Hall–Kier alpha value is -2.73. The molecule has 1 atom stereocenters. The molecule has 3 heterocycles. The number of fused-ring (bicyclic) bond motifs is 1. The summed E-state index contributed by atoms with van der Waals surface area (Å²) >= 11 is 1.41. The number of nitrogens with one attached hydrogen (secondary N) is 1. The highest BCUT2D eigenvalue weighted by molar-refractivity contribution is 7.12. The molecule has 2 aromatic heterocycles. The SMILES string of the molecule is O=C(Nc1cccc2cccnc12)[C@@H]1CCCCN1C(=O)c1cccs1. The number of hydrogen-bond acceptors (Lipinski definition) is 4. The Labute approximate surface area is 155 Å². The first-order valence-corrected chi connectivity index (χ1v) is 9.61. The molecule has 1 aromatic carbocycles. The zero-order valence-corrected chi connectivity index (χ0v) is 15.0. The lowest BCUT2D eigenvalue weighted by molar-refractivity contribution is -0.121. The molecule has 0 unspecified atom stereocenters. The van der Waals surface area contributed by atoms with Crippen molar-refractivity contribution in [2.24, 2.45) is 0 Å². The van der Waals surface area contributed by atoms with Crippen LogP contribution in [0.4, 0.5) is 5.69 Å². The van der Waals surface area contributed by atoms with Gasteiger partial charge < -0.3 is 10.2 Å². The number of thiophene rings is 1. The molecule has 3 aromatic rings. The summed E-state index contributed by atoms with van der Waals surface area (Å²) in [7, 11) is 0. The third kappa shape index (κ3) is 3.20. The van der Waals surface area contributed by atoms with E-state index >= 15 is 0 Å². The summed E-state index contributed by atoms with van der Waals surface area (Å²) in [6, 6.07) is 12.8. The third-order valence-corrected chi connectivity index (χ3v) is 5.55. The van der Waals surface area contributed by atoms with Crippen LogP contribution in [-0.2, 0) is 4.79 Å². The van der Waals surface area contributed by atoms with Crippen LogP contribution in [0.15, 0.2) is 54.0 Å². The smallest absolute Gasteiger partial charge is 0.264 e. The van der Waals surface area contributed by atoms with Crippen LogP contribution in [0.5, 0.6) is 0 Å². The maximum atomic E-state index is 13.0. The van der Waals surface area contributed by atoms with Gasteiger partial charge in [0.05, 0.1) is 16.1 Å². The van der Waals surface area contributed by atoms with Gasteiger partial charge in [0.25, 0.3) is 5.91 Å². The molecule has 4 rings (SSSR count). The lowest BCUT2D eigenvalue weighted by Crippen LogP contribution is -2.49. The first kappa shape index (κ1) is 16.7. The molecule has 1 fully saturated rings. The Kier molecular flexibility index (Phi) is 4.67. The highest BCUT2D eigenvalue weighted by atomic mass is 32.1. The van der Waals surface area contributed by atoms with Crippen LogP contribution >= 0.6 is 11.3 Å². The Bertz CT molecular complexity index is 934. The molecule has 2 amide bonds. The Morgan fingerprint density at radius 2 is 2.00 bits per heavy atom. The number of para-hydroxylation sites is 1. The molecule has 1 N–H and O–H groups in total. The zero-order chi connectivity index (χ0) is 17.9. The molecular formula is C20H19N3O2S. The summed E-state index contributed by atoms with van der Waals surface area (Å²) in [6.07, 6.45) is 4.27. The molecule has 5 nitrogen and oxygen atoms in total. The Balaban J connectivity index is 1.58. The monoisotopic (exact) mass is 365 g/mol. The predicted octanol–water partition coefficient (Wildman–Crippen LogP) is 3.93. The van der Waals surface area contributed by atoms with Gasteiger partial charge in [0.15, 0.2) is 0 Å². The molecule has 1 saturated heterocycles. The van der Waals surface area contributed by atoms with Crippen molar-refractivity contribution in [1.82, 2.24) is 9.88 Å². The largest absolute Gasteiger partial charge is 0.326 e. The number of amides is 2. The quantitative estimate of drug-likeness (QED) is 0.765. The van der Waals surface area contributed by atoms with Gasteiger partial charge in [-0.2, -0.15) is 0 Å². The maximum Gasteiger partial charge on any atom is 0.264 e. The standard InChI is InChI=1S/C20H19N3O2S/c24-19(22-15-8-3-6-14-7-4-11-21-18(14)15)16-9-1-2-12-23(16)20(25)17-10-5-13-26-17/h3-8,10-11,13,16H,1-2,9,12H2,(H,22,24)/t16-/m0/s1. The van der Waals surface area contributed by atoms with Crippen LogP contribution in [0.1, 0.15) is 28.9 Å². The summed E-state index contributed by atoms with van der Waals surface area (Å²) in [5.74, 6) is -0.205. The lowest BCUT2D eigenvalue weighted by atomic mass is 10.0. The fourth-order valence-electron chi connectivity index (χ4n) is 3.41. The van der Waals surface area contributed by atoms with Gasteiger partial charge in [-0.05, 0) is 42.8 Å². The van der Waals surface area contributed by atoms with E-state index in [1.807, 2.05) is 47.8 Å². The fourth-order valence-corrected chi connectivity index (χ4v) is 4.09. The molecule has 0 spiro atoms. The van der Waals surface area contributed by atoms with E-state index in [1.54, 1.807) is 11.1 Å². The molecular weight excluding hydrogens is 346 g/mol. The van der Waals surface area contributed by atoms with Crippen LogP contribution in [0.25, 0.3) is 10.9 Å². The molecule has 6 heteroatoms. The average molecular weight is 365 g/mol. The van der Waals surface area contributed by atoms with Crippen molar-refractivity contribution in [2.75, 3.05) is 11.9 Å². The van der Waals surface area contributed by atoms with Crippen LogP contribution in [0.2, 0.25) is 0 Å². The minimum Gasteiger partial charge on any atom is -0.326 e. The molecule has 1 aliphatic rings. The number of rotatable bonds is 3. The van der Waals surface area contributed by atoms with E-state index in [-0.39, 0.29) is 11.8 Å². The number of aromatic nitrogens is 1. The van der Waals surface area contributed by atoms with Crippen LogP contribution in [0, 0.1) is 0 Å². The van der Waals surface area contributed by atoms with Gasteiger partial charge in [0.1, 0.15) is 6.04 Å². The second-order valence-corrected chi connectivity index (χ2v) is 7.31. The Morgan fingerprint density at radius 3 is 2.85 bits per heavy atom. The van der Waals surface area contributed by atoms with Crippen molar-refractivity contribution in [1.29, 1.82) is 0 Å². The molecule has 1 aliphatic heterocycles. The van der Waals surface area contributed by atoms with Gasteiger partial charge in [-0.3, -0.25) is 14.6 Å². The minimum absolute atomic E-state index is 0.0594. The first-order valence-electron chi connectivity index (χ1n) is 8.73. The summed E-state index contributed by atoms with van der Waals surface area (Å²) in [5, 5.41) is 5.85. The number of carbonyl (C=O) groups excluding carboxylic acids is 2. The van der Waals surface area contributed by atoms with Gasteiger partial charge in [-0.25, -0.2) is 0 Å². The third-order valence-electron chi connectivity index (χ3n) is 4.69. The van der Waals surface area contributed by atoms with Gasteiger partial charge in [-0.15, -0.1) is 11.3 Å². The lowest BCUT2D eigenvalue weighted by Gasteiger charge is -2.34. The van der Waals surface area contributed by atoms with Crippen LogP contribution in [0.3, 0.4) is 0 Å². The number of hydrogen-bond donors (Lipinski definition) is 1. The normalized spacial score (nSPS) is 17.2. The van der Waals surface area contributed by atoms with Gasteiger partial charge in [0.2, 0.25) is 5.91 Å². The van der Waals surface area contributed by atoms with E-state index in [4.69, 9.17) is 0 Å². The number of piperidine rings is 1. The summed E-state index contributed by atoms with van der Waals surface area (Å²) in [6.45, 7) is 0.614. The van der Waals surface area contributed by atoms with Crippen LogP contribution in [-0.4, -0.2) is 34.3 Å². The van der Waals surface area contributed by atoms with E-state index in [0.717, 1.165) is 23.7 Å². The number of pyridine rings is 1. The van der Waals surface area contributed by atoms with Gasteiger partial charge >= 0.3 is 0 Å². The van der Waals surface area contributed by atoms with Crippen molar-refractivity contribution >= 4 is 39.7 Å². The molecule has 0 aliphatic carbocycles. The van der Waals surface area contributed by atoms with Crippen LogP contribution < -0.4 is 5.32 Å². The van der Waals surface area contributed by atoms with Gasteiger partial charge in [0, 0.05) is 18.1 Å². The van der Waals surface area contributed by atoms with Gasteiger partial charge in [-0.1, -0.05) is 24.3 Å². The number of likely N-dealkylation sites (tertiary alicyclic amines) is 1. The Morgan fingerprint density at radius 1 is 1.12 bits per heavy atom. The molecule has 0 saturated carbocycles. The van der Waals surface area contributed by atoms with E-state index in [9.17, 15) is 9.59 Å².